The van der Waals surface area contributed by atoms with Crippen molar-refractivity contribution in [2.75, 3.05) is 0 Å². The first-order valence-electron chi connectivity index (χ1n) is 15.1. The molecule has 0 radical (unpaired) electrons. The lowest BCUT2D eigenvalue weighted by Crippen LogP contribution is -1.96. The molecule has 0 spiro atoms. The van der Waals surface area contributed by atoms with Gasteiger partial charge in [-0.05, 0) is 54.4 Å². The molecule has 0 fully saturated rings. The summed E-state index contributed by atoms with van der Waals surface area (Å²) in [4.78, 5) is 25.1. The maximum Gasteiger partial charge on any atom is 0.160 e. The maximum atomic E-state index is 5.08. The SMILES string of the molecule is Cc1cc(-c2ccc(-c3cc(-c4ccccc4)cc(-c4ccccc4)n3)cc2)nc(-c2cccc(-c3nc4cccnc4s3)c2)n1. The molecule has 0 N–H and O–H groups in total. The van der Waals surface area contributed by atoms with Crippen LogP contribution in [0.3, 0.4) is 0 Å². The van der Waals surface area contributed by atoms with Crippen molar-refractivity contribution in [3.05, 3.63) is 151 Å². The molecule has 0 amide bonds. The second-order valence-electron chi connectivity index (χ2n) is 11.1. The second-order valence-corrected chi connectivity index (χ2v) is 12.1. The summed E-state index contributed by atoms with van der Waals surface area (Å²) in [5.41, 5.74) is 12.0. The molecule has 8 rings (SSSR count). The number of pyridine rings is 2. The number of fused-ring (bicyclic) bond motifs is 1. The summed E-state index contributed by atoms with van der Waals surface area (Å²) in [7, 11) is 0. The third-order valence-corrected chi connectivity index (χ3v) is 8.90. The smallest absolute Gasteiger partial charge is 0.160 e. The van der Waals surface area contributed by atoms with Gasteiger partial charge in [0.25, 0.3) is 0 Å². The van der Waals surface area contributed by atoms with Gasteiger partial charge in [-0.2, -0.15) is 0 Å². The molecular weight excluding hydrogens is 583 g/mol. The highest BCUT2D eigenvalue weighted by Crippen LogP contribution is 2.33. The van der Waals surface area contributed by atoms with E-state index in [1.54, 1.807) is 17.5 Å². The van der Waals surface area contributed by atoms with Crippen LogP contribution in [0.5, 0.6) is 0 Å². The topological polar surface area (TPSA) is 64.5 Å². The molecule has 0 aliphatic carbocycles. The summed E-state index contributed by atoms with van der Waals surface area (Å²) in [6.07, 6.45) is 1.80. The van der Waals surface area contributed by atoms with E-state index in [4.69, 9.17) is 19.9 Å². The zero-order valence-electron chi connectivity index (χ0n) is 25.0. The van der Waals surface area contributed by atoms with E-state index in [1.165, 1.54) is 0 Å². The summed E-state index contributed by atoms with van der Waals surface area (Å²) >= 11 is 1.59. The molecule has 46 heavy (non-hydrogen) atoms. The van der Waals surface area contributed by atoms with E-state index in [0.29, 0.717) is 5.82 Å². The highest BCUT2D eigenvalue weighted by Gasteiger charge is 2.13. The summed E-state index contributed by atoms with van der Waals surface area (Å²) in [5, 5.41) is 0.930. The number of rotatable bonds is 6. The van der Waals surface area contributed by atoms with Crippen molar-refractivity contribution in [3.63, 3.8) is 0 Å². The Balaban J connectivity index is 1.13. The molecule has 0 bridgehead atoms. The Hall–Kier alpha value is -5.85. The van der Waals surface area contributed by atoms with Crippen LogP contribution < -0.4 is 0 Å². The summed E-state index contributed by atoms with van der Waals surface area (Å²) in [5.74, 6) is 0.685. The Kier molecular flexibility index (Phi) is 7.17. The van der Waals surface area contributed by atoms with Crippen LogP contribution >= 0.6 is 11.3 Å². The van der Waals surface area contributed by atoms with Crippen molar-refractivity contribution in [1.29, 1.82) is 0 Å². The largest absolute Gasteiger partial charge is 0.248 e. The Morgan fingerprint density at radius 2 is 1.04 bits per heavy atom. The van der Waals surface area contributed by atoms with Gasteiger partial charge in [-0.1, -0.05) is 114 Å². The van der Waals surface area contributed by atoms with Crippen molar-refractivity contribution >= 4 is 21.7 Å². The fourth-order valence-corrected chi connectivity index (χ4v) is 6.48. The number of aromatic nitrogens is 5. The molecule has 0 saturated carbocycles. The van der Waals surface area contributed by atoms with Gasteiger partial charge in [0.15, 0.2) is 5.82 Å². The first kappa shape index (κ1) is 27.7. The monoisotopic (exact) mass is 609 g/mol. The Labute approximate surface area is 271 Å². The Morgan fingerprint density at radius 3 is 1.74 bits per heavy atom. The number of thiazole rings is 1. The molecule has 4 aromatic carbocycles. The van der Waals surface area contributed by atoms with Crippen molar-refractivity contribution < 1.29 is 0 Å². The minimum absolute atomic E-state index is 0.685. The Morgan fingerprint density at radius 1 is 0.435 bits per heavy atom. The molecule has 8 aromatic rings. The number of hydrogen-bond acceptors (Lipinski definition) is 6. The summed E-state index contributed by atoms with van der Waals surface area (Å²) in [6.45, 7) is 2.01. The van der Waals surface area contributed by atoms with Crippen LogP contribution in [0.15, 0.2) is 146 Å². The molecule has 0 aliphatic rings. The molecule has 6 heteroatoms. The van der Waals surface area contributed by atoms with Crippen molar-refractivity contribution in [2.24, 2.45) is 0 Å². The van der Waals surface area contributed by atoms with E-state index < -0.39 is 0 Å². The standard InChI is InChI=1S/C40H27N5S/c1-26-22-35(44-38(42-26)31-14-8-15-32(23-31)39-45-34-16-9-21-41-40(34)46-39)29-17-19-30(20-18-29)37-25-33(27-10-4-2-5-11-27)24-36(43-37)28-12-6-3-7-13-28/h2-25H,1H3. The van der Waals surface area contributed by atoms with Gasteiger partial charge in [0, 0.05) is 39.7 Å². The van der Waals surface area contributed by atoms with Crippen LogP contribution in [0.2, 0.25) is 0 Å². The lowest BCUT2D eigenvalue weighted by Gasteiger charge is -2.11. The molecule has 0 saturated heterocycles. The van der Waals surface area contributed by atoms with Gasteiger partial charge in [-0.3, -0.25) is 0 Å². The van der Waals surface area contributed by atoms with E-state index in [-0.39, 0.29) is 0 Å². The quantitative estimate of drug-likeness (QED) is 0.188. The third kappa shape index (κ3) is 5.58. The predicted molar refractivity (Wildman–Crippen MR) is 188 cm³/mol. The zero-order chi connectivity index (χ0) is 30.9. The minimum atomic E-state index is 0.685. The van der Waals surface area contributed by atoms with E-state index in [2.05, 4.69) is 89.9 Å². The summed E-state index contributed by atoms with van der Waals surface area (Å²) < 4.78 is 0. The summed E-state index contributed by atoms with van der Waals surface area (Å²) in [6, 6.07) is 47.8. The van der Waals surface area contributed by atoms with E-state index in [1.807, 2.05) is 61.5 Å². The minimum Gasteiger partial charge on any atom is -0.248 e. The van der Waals surface area contributed by atoms with Gasteiger partial charge < -0.3 is 0 Å². The number of hydrogen-bond donors (Lipinski definition) is 0. The molecule has 4 aromatic heterocycles. The number of benzene rings is 4. The van der Waals surface area contributed by atoms with Crippen LogP contribution in [-0.2, 0) is 0 Å². The average molecular weight is 610 g/mol. The van der Waals surface area contributed by atoms with Crippen LogP contribution in [0.4, 0.5) is 0 Å². The molecular formula is C40H27N5S. The van der Waals surface area contributed by atoms with Crippen molar-refractivity contribution in [2.45, 2.75) is 6.92 Å². The first-order chi connectivity index (χ1) is 22.7. The molecule has 0 unspecified atom stereocenters. The molecule has 5 nitrogen and oxygen atoms in total. The Bertz CT molecular complexity index is 2220. The fraction of sp³-hybridized carbons (Fsp3) is 0.0250. The van der Waals surface area contributed by atoms with Gasteiger partial charge in [-0.15, -0.1) is 0 Å². The first-order valence-corrected chi connectivity index (χ1v) is 15.9. The second kappa shape index (κ2) is 11.9. The van der Waals surface area contributed by atoms with Crippen LogP contribution in [-0.4, -0.2) is 24.9 Å². The van der Waals surface area contributed by atoms with Crippen LogP contribution in [0.25, 0.3) is 77.2 Å². The average Bonchev–Trinajstić information content (AvgIpc) is 3.57. The van der Waals surface area contributed by atoms with Crippen molar-refractivity contribution in [1.82, 2.24) is 24.9 Å². The van der Waals surface area contributed by atoms with Gasteiger partial charge in [0.1, 0.15) is 15.4 Å². The number of nitrogens with zero attached hydrogens (tertiary/aromatic N) is 5. The molecule has 218 valence electrons. The van der Waals surface area contributed by atoms with Gasteiger partial charge >= 0.3 is 0 Å². The normalized spacial score (nSPS) is 11.2. The number of aryl methyl sites for hydroxylation is 1. The van der Waals surface area contributed by atoms with Crippen molar-refractivity contribution in [3.8, 4) is 66.9 Å². The van der Waals surface area contributed by atoms with E-state index in [0.717, 1.165) is 77.1 Å². The van der Waals surface area contributed by atoms with Gasteiger partial charge in [0.2, 0.25) is 0 Å². The van der Waals surface area contributed by atoms with Crippen LogP contribution in [0, 0.1) is 6.92 Å². The van der Waals surface area contributed by atoms with Gasteiger partial charge in [0.05, 0.1) is 17.1 Å². The van der Waals surface area contributed by atoms with E-state index in [9.17, 15) is 0 Å². The highest BCUT2D eigenvalue weighted by atomic mass is 32.1. The fourth-order valence-electron chi connectivity index (χ4n) is 5.57. The highest BCUT2D eigenvalue weighted by molar-refractivity contribution is 7.21. The predicted octanol–water partition coefficient (Wildman–Crippen LogP) is 10.2. The third-order valence-electron chi connectivity index (χ3n) is 7.87. The van der Waals surface area contributed by atoms with Crippen LogP contribution in [0.1, 0.15) is 5.69 Å². The zero-order valence-corrected chi connectivity index (χ0v) is 25.8. The van der Waals surface area contributed by atoms with Gasteiger partial charge in [-0.25, -0.2) is 24.9 Å². The molecule has 4 heterocycles. The lowest BCUT2D eigenvalue weighted by molar-refractivity contribution is 1.11. The van der Waals surface area contributed by atoms with E-state index >= 15 is 0 Å². The molecule has 0 aliphatic heterocycles. The maximum absolute atomic E-state index is 5.08. The lowest BCUT2D eigenvalue weighted by atomic mass is 9.99. The molecule has 0 atom stereocenters.